The number of rotatable bonds is 1. The number of benzene rings is 1. The predicted molar refractivity (Wildman–Crippen MR) is 60.4 cm³/mol. The summed E-state index contributed by atoms with van der Waals surface area (Å²) in [7, 11) is 0. The summed E-state index contributed by atoms with van der Waals surface area (Å²) in [5, 5.41) is 0. The minimum atomic E-state index is 0.742. The van der Waals surface area contributed by atoms with Crippen molar-refractivity contribution < 1.29 is 0 Å². The molecule has 0 aliphatic rings. The Kier molecular flexibility index (Phi) is 2.29. The highest BCUT2D eigenvalue weighted by Gasteiger charge is 2.02. The van der Waals surface area contributed by atoms with Crippen molar-refractivity contribution in [3.8, 4) is 5.69 Å². The lowest BCUT2D eigenvalue weighted by atomic mass is 10.3. The number of aromatic nitrogens is 2. The first-order chi connectivity index (χ1) is 6.68. The Bertz CT molecular complexity index is 462. The van der Waals surface area contributed by atoms with E-state index in [2.05, 4.69) is 20.9 Å². The Labute approximate surface area is 90.7 Å². The van der Waals surface area contributed by atoms with Gasteiger partial charge in [0.15, 0.2) is 0 Å². The van der Waals surface area contributed by atoms with Gasteiger partial charge in [0.2, 0.25) is 0 Å². The summed E-state index contributed by atoms with van der Waals surface area (Å²) in [6.07, 6.45) is 3.70. The van der Waals surface area contributed by atoms with Gasteiger partial charge in [0.25, 0.3) is 0 Å². The van der Waals surface area contributed by atoms with Crippen LogP contribution in [0.4, 0.5) is 5.69 Å². The van der Waals surface area contributed by atoms with Gasteiger partial charge in [-0.15, -0.1) is 0 Å². The van der Waals surface area contributed by atoms with Crippen molar-refractivity contribution in [2.45, 2.75) is 6.92 Å². The number of imidazole rings is 1. The van der Waals surface area contributed by atoms with Crippen molar-refractivity contribution in [1.29, 1.82) is 0 Å². The maximum absolute atomic E-state index is 5.71. The lowest BCUT2D eigenvalue weighted by Gasteiger charge is -2.06. The van der Waals surface area contributed by atoms with E-state index >= 15 is 0 Å². The van der Waals surface area contributed by atoms with Crippen molar-refractivity contribution in [3.63, 3.8) is 0 Å². The highest BCUT2D eigenvalue weighted by Crippen LogP contribution is 2.22. The molecule has 0 radical (unpaired) electrons. The maximum Gasteiger partial charge on any atom is 0.110 e. The average molecular weight is 252 g/mol. The molecule has 2 N–H and O–H groups in total. The van der Waals surface area contributed by atoms with E-state index < -0.39 is 0 Å². The van der Waals surface area contributed by atoms with E-state index in [0.717, 1.165) is 21.7 Å². The summed E-state index contributed by atoms with van der Waals surface area (Å²) >= 11 is 3.40. The third kappa shape index (κ3) is 1.53. The molecule has 0 aliphatic heterocycles. The molecule has 1 aromatic carbocycles. The van der Waals surface area contributed by atoms with Crippen LogP contribution >= 0.6 is 15.9 Å². The van der Waals surface area contributed by atoms with Crippen LogP contribution in [0.25, 0.3) is 5.69 Å². The Morgan fingerprint density at radius 2 is 2.21 bits per heavy atom. The summed E-state index contributed by atoms with van der Waals surface area (Å²) in [4.78, 5) is 4.16. The second-order valence-corrected chi connectivity index (χ2v) is 3.90. The van der Waals surface area contributed by atoms with Gasteiger partial charge in [0.05, 0.1) is 0 Å². The second-order valence-electron chi connectivity index (χ2n) is 3.05. The van der Waals surface area contributed by atoms with E-state index in [1.807, 2.05) is 35.9 Å². The SMILES string of the molecule is Cc1nccn1-c1ccc(N)c(Br)c1. The first-order valence-electron chi connectivity index (χ1n) is 4.24. The topological polar surface area (TPSA) is 43.8 Å². The Hall–Kier alpha value is -1.29. The number of nitrogen functional groups attached to an aromatic ring is 1. The molecule has 0 saturated heterocycles. The molecule has 0 bridgehead atoms. The zero-order valence-electron chi connectivity index (χ0n) is 7.74. The number of nitrogens with zero attached hydrogens (tertiary/aromatic N) is 2. The van der Waals surface area contributed by atoms with Crippen LogP contribution < -0.4 is 5.73 Å². The Balaban J connectivity index is 2.53. The van der Waals surface area contributed by atoms with Gasteiger partial charge in [0.1, 0.15) is 5.82 Å². The summed E-state index contributed by atoms with van der Waals surface area (Å²) in [6, 6.07) is 5.82. The molecule has 0 spiro atoms. The molecule has 4 heteroatoms. The smallest absolute Gasteiger partial charge is 0.110 e. The summed E-state index contributed by atoms with van der Waals surface area (Å²) in [5.41, 5.74) is 7.51. The number of aryl methyl sites for hydroxylation is 1. The van der Waals surface area contributed by atoms with Crippen LogP contribution in [0.15, 0.2) is 35.1 Å². The standard InChI is InChI=1S/C10H10BrN3/c1-7-13-4-5-14(7)8-2-3-10(12)9(11)6-8/h2-6H,12H2,1H3. The maximum atomic E-state index is 5.71. The van der Waals surface area contributed by atoms with Gasteiger partial charge >= 0.3 is 0 Å². The molecular weight excluding hydrogens is 242 g/mol. The molecule has 1 aromatic heterocycles. The van der Waals surface area contributed by atoms with Gasteiger partial charge in [-0.1, -0.05) is 0 Å². The molecule has 0 saturated carbocycles. The molecule has 2 rings (SSSR count). The minimum absolute atomic E-state index is 0.742. The van der Waals surface area contributed by atoms with Crippen LogP contribution in [-0.4, -0.2) is 9.55 Å². The Morgan fingerprint density at radius 3 is 2.79 bits per heavy atom. The van der Waals surface area contributed by atoms with Crippen LogP contribution in [-0.2, 0) is 0 Å². The quantitative estimate of drug-likeness (QED) is 0.792. The lowest BCUT2D eigenvalue weighted by molar-refractivity contribution is 0.974. The third-order valence-electron chi connectivity index (χ3n) is 2.09. The van der Waals surface area contributed by atoms with Crippen molar-refractivity contribution in [2.75, 3.05) is 5.73 Å². The zero-order chi connectivity index (χ0) is 10.1. The Morgan fingerprint density at radius 1 is 1.43 bits per heavy atom. The number of hydrogen-bond acceptors (Lipinski definition) is 2. The van der Waals surface area contributed by atoms with E-state index in [9.17, 15) is 0 Å². The summed E-state index contributed by atoms with van der Waals surface area (Å²) < 4.78 is 2.91. The van der Waals surface area contributed by atoms with Crippen molar-refractivity contribution >= 4 is 21.6 Å². The van der Waals surface area contributed by atoms with Crippen LogP contribution in [0.2, 0.25) is 0 Å². The summed E-state index contributed by atoms with van der Waals surface area (Å²) in [5.74, 6) is 0.960. The first-order valence-corrected chi connectivity index (χ1v) is 5.03. The first kappa shape index (κ1) is 9.27. The lowest BCUT2D eigenvalue weighted by Crippen LogP contribution is -1.96. The molecule has 3 nitrogen and oxygen atoms in total. The molecule has 0 aliphatic carbocycles. The number of nitrogens with two attached hydrogens (primary N) is 1. The van der Waals surface area contributed by atoms with Crippen molar-refractivity contribution in [2.24, 2.45) is 0 Å². The molecule has 2 aromatic rings. The van der Waals surface area contributed by atoms with Gasteiger partial charge in [0, 0.05) is 28.2 Å². The average Bonchev–Trinajstić information content (AvgIpc) is 2.57. The van der Waals surface area contributed by atoms with Crippen molar-refractivity contribution in [3.05, 3.63) is 40.9 Å². The van der Waals surface area contributed by atoms with Gasteiger partial charge < -0.3 is 10.3 Å². The largest absolute Gasteiger partial charge is 0.398 e. The van der Waals surface area contributed by atoms with Crippen LogP contribution in [0.1, 0.15) is 5.82 Å². The second kappa shape index (κ2) is 3.46. The minimum Gasteiger partial charge on any atom is -0.398 e. The van der Waals surface area contributed by atoms with Gasteiger partial charge in [-0.25, -0.2) is 4.98 Å². The number of hydrogen-bond donors (Lipinski definition) is 1. The van der Waals surface area contributed by atoms with Crippen LogP contribution in [0, 0.1) is 6.92 Å². The fourth-order valence-corrected chi connectivity index (χ4v) is 1.68. The molecule has 1 heterocycles. The van der Waals surface area contributed by atoms with Gasteiger partial charge in [-0.05, 0) is 41.1 Å². The molecule has 14 heavy (non-hydrogen) atoms. The summed E-state index contributed by atoms with van der Waals surface area (Å²) in [6.45, 7) is 1.96. The molecule has 72 valence electrons. The molecular formula is C10H10BrN3. The van der Waals surface area contributed by atoms with Crippen LogP contribution in [0.3, 0.4) is 0 Å². The van der Waals surface area contributed by atoms with E-state index in [0.29, 0.717) is 0 Å². The molecule has 0 amide bonds. The van der Waals surface area contributed by atoms with Crippen LogP contribution in [0.5, 0.6) is 0 Å². The third-order valence-corrected chi connectivity index (χ3v) is 2.77. The van der Waals surface area contributed by atoms with Crippen molar-refractivity contribution in [1.82, 2.24) is 9.55 Å². The normalized spacial score (nSPS) is 10.4. The fourth-order valence-electron chi connectivity index (χ4n) is 1.32. The number of anilines is 1. The van der Waals surface area contributed by atoms with E-state index in [1.165, 1.54) is 0 Å². The van der Waals surface area contributed by atoms with Gasteiger partial charge in [-0.3, -0.25) is 0 Å². The fraction of sp³-hybridized carbons (Fsp3) is 0.100. The highest BCUT2D eigenvalue weighted by atomic mass is 79.9. The molecule has 0 unspecified atom stereocenters. The number of halogens is 1. The van der Waals surface area contributed by atoms with E-state index in [-0.39, 0.29) is 0 Å². The van der Waals surface area contributed by atoms with E-state index in [1.54, 1.807) is 6.20 Å². The van der Waals surface area contributed by atoms with E-state index in [4.69, 9.17) is 5.73 Å². The molecule has 0 atom stereocenters. The highest BCUT2D eigenvalue weighted by molar-refractivity contribution is 9.10. The van der Waals surface area contributed by atoms with Gasteiger partial charge in [-0.2, -0.15) is 0 Å². The zero-order valence-corrected chi connectivity index (χ0v) is 9.32. The molecule has 0 fully saturated rings. The monoisotopic (exact) mass is 251 g/mol. The predicted octanol–water partition coefficient (Wildman–Crippen LogP) is 2.53.